The van der Waals surface area contributed by atoms with Crippen molar-refractivity contribution in [3.8, 4) is 17.6 Å². The van der Waals surface area contributed by atoms with Gasteiger partial charge in [-0.2, -0.15) is 18.4 Å². The van der Waals surface area contributed by atoms with Crippen molar-refractivity contribution >= 4 is 23.3 Å². The Hall–Kier alpha value is -2.72. The molecule has 0 saturated heterocycles. The van der Waals surface area contributed by atoms with Gasteiger partial charge in [0.25, 0.3) is 0 Å². The lowest BCUT2D eigenvalue weighted by atomic mass is 10.0. The molecular formula is C20H16ClF3N2O2. The Kier molecular flexibility index (Phi) is 5.52. The van der Waals surface area contributed by atoms with Gasteiger partial charge < -0.3 is 9.47 Å². The molecule has 3 rings (SSSR count). The standard InChI is InChI=1S/C20H16ClF3N2O2/c1-3-27-16-6-12-4-11(2)28-19(12)13(7-16)5-14(9-25)18-17(21)8-15(10-26-18)20(22,23)24/h5-8,10-11H,3-4H2,1-2H3. The molecule has 0 radical (unpaired) electrons. The van der Waals surface area contributed by atoms with E-state index in [1.807, 2.05) is 26.0 Å². The van der Waals surface area contributed by atoms with Crippen molar-refractivity contribution in [2.24, 2.45) is 0 Å². The van der Waals surface area contributed by atoms with Crippen molar-refractivity contribution in [1.29, 1.82) is 5.26 Å². The average molecular weight is 409 g/mol. The molecule has 2 heterocycles. The molecule has 0 amide bonds. The molecule has 0 spiro atoms. The highest BCUT2D eigenvalue weighted by Crippen LogP contribution is 2.39. The molecule has 0 saturated carbocycles. The number of nitriles is 1. The van der Waals surface area contributed by atoms with Gasteiger partial charge in [-0.05, 0) is 38.1 Å². The molecule has 1 aliphatic heterocycles. The van der Waals surface area contributed by atoms with Crippen LogP contribution in [-0.2, 0) is 12.6 Å². The lowest BCUT2D eigenvalue weighted by Crippen LogP contribution is -2.06. The third-order valence-corrected chi connectivity index (χ3v) is 4.44. The van der Waals surface area contributed by atoms with Gasteiger partial charge in [-0.15, -0.1) is 0 Å². The van der Waals surface area contributed by atoms with Crippen molar-refractivity contribution in [2.45, 2.75) is 32.5 Å². The van der Waals surface area contributed by atoms with Gasteiger partial charge in [-0.25, -0.2) is 0 Å². The Balaban J connectivity index is 2.08. The van der Waals surface area contributed by atoms with Gasteiger partial charge in [0.05, 0.1) is 28.5 Å². The number of ether oxygens (including phenoxy) is 2. The lowest BCUT2D eigenvalue weighted by molar-refractivity contribution is -0.137. The maximum atomic E-state index is 12.8. The van der Waals surface area contributed by atoms with E-state index in [1.165, 1.54) is 6.08 Å². The normalized spacial score (nSPS) is 16.3. The number of allylic oxidation sites excluding steroid dienone is 1. The van der Waals surface area contributed by atoms with Gasteiger partial charge in [0.2, 0.25) is 0 Å². The largest absolute Gasteiger partial charge is 0.494 e. The van der Waals surface area contributed by atoms with Crippen LogP contribution in [0.1, 0.15) is 36.2 Å². The van der Waals surface area contributed by atoms with Gasteiger partial charge in [0.1, 0.15) is 23.7 Å². The van der Waals surface area contributed by atoms with E-state index in [4.69, 9.17) is 21.1 Å². The Morgan fingerprint density at radius 2 is 2.18 bits per heavy atom. The van der Waals surface area contributed by atoms with Crippen LogP contribution in [-0.4, -0.2) is 17.7 Å². The summed E-state index contributed by atoms with van der Waals surface area (Å²) in [6.07, 6.45) is -1.75. The first-order chi connectivity index (χ1) is 13.2. The number of alkyl halides is 3. The minimum Gasteiger partial charge on any atom is -0.494 e. The lowest BCUT2D eigenvalue weighted by Gasteiger charge is -2.11. The highest BCUT2D eigenvalue weighted by atomic mass is 35.5. The van der Waals surface area contributed by atoms with Crippen LogP contribution in [0.4, 0.5) is 13.2 Å². The SMILES string of the molecule is CCOc1cc(C=C(C#N)c2ncc(C(F)(F)F)cc2Cl)c2c(c1)CC(C)O2. The molecule has 1 aromatic heterocycles. The molecule has 0 fully saturated rings. The van der Waals surface area contributed by atoms with E-state index in [-0.39, 0.29) is 22.4 Å². The first-order valence-electron chi connectivity index (χ1n) is 8.54. The number of nitrogens with zero attached hydrogens (tertiary/aromatic N) is 2. The highest BCUT2D eigenvalue weighted by molar-refractivity contribution is 6.32. The second-order valence-corrected chi connectivity index (χ2v) is 6.70. The number of halogens is 4. The average Bonchev–Trinajstić information content (AvgIpc) is 2.99. The zero-order chi connectivity index (χ0) is 20.5. The van der Waals surface area contributed by atoms with Gasteiger partial charge in [-0.3, -0.25) is 4.98 Å². The number of hydrogen-bond acceptors (Lipinski definition) is 4. The Bertz CT molecular complexity index is 981. The Morgan fingerprint density at radius 3 is 2.79 bits per heavy atom. The van der Waals surface area contributed by atoms with Crippen molar-refractivity contribution < 1.29 is 22.6 Å². The van der Waals surface area contributed by atoms with Crippen molar-refractivity contribution in [2.75, 3.05) is 6.61 Å². The first-order valence-corrected chi connectivity index (χ1v) is 8.92. The predicted molar refractivity (Wildman–Crippen MR) is 99.1 cm³/mol. The molecule has 1 aliphatic rings. The second kappa shape index (κ2) is 7.72. The zero-order valence-electron chi connectivity index (χ0n) is 15.1. The Labute approximate surface area is 165 Å². The van der Waals surface area contributed by atoms with Crippen LogP contribution >= 0.6 is 11.6 Å². The summed E-state index contributed by atoms with van der Waals surface area (Å²) < 4.78 is 49.9. The summed E-state index contributed by atoms with van der Waals surface area (Å²) in [5.41, 5.74) is 0.541. The minimum atomic E-state index is -4.57. The highest BCUT2D eigenvalue weighted by Gasteiger charge is 2.32. The fourth-order valence-corrected chi connectivity index (χ4v) is 3.26. The summed E-state index contributed by atoms with van der Waals surface area (Å²) in [5, 5.41) is 9.30. The second-order valence-electron chi connectivity index (χ2n) is 6.29. The summed E-state index contributed by atoms with van der Waals surface area (Å²) in [4.78, 5) is 3.76. The smallest absolute Gasteiger partial charge is 0.417 e. The fourth-order valence-electron chi connectivity index (χ4n) is 2.99. The summed E-state index contributed by atoms with van der Waals surface area (Å²) >= 11 is 5.99. The zero-order valence-corrected chi connectivity index (χ0v) is 15.9. The van der Waals surface area contributed by atoms with Crippen molar-refractivity contribution in [3.05, 3.63) is 51.8 Å². The third kappa shape index (κ3) is 4.07. The summed E-state index contributed by atoms with van der Waals surface area (Å²) in [5.74, 6) is 1.24. The van der Waals surface area contributed by atoms with Gasteiger partial charge in [0.15, 0.2) is 0 Å². The topological polar surface area (TPSA) is 55.1 Å². The molecule has 0 bridgehead atoms. The Morgan fingerprint density at radius 1 is 1.43 bits per heavy atom. The number of benzene rings is 1. The molecule has 0 N–H and O–H groups in total. The monoisotopic (exact) mass is 408 g/mol. The van der Waals surface area contributed by atoms with E-state index in [2.05, 4.69) is 4.98 Å². The third-order valence-electron chi connectivity index (χ3n) is 4.15. The summed E-state index contributed by atoms with van der Waals surface area (Å²) in [7, 11) is 0. The molecule has 28 heavy (non-hydrogen) atoms. The number of hydrogen-bond donors (Lipinski definition) is 0. The molecule has 4 nitrogen and oxygen atoms in total. The first kappa shape index (κ1) is 20.0. The van der Waals surface area contributed by atoms with E-state index < -0.39 is 11.7 Å². The van der Waals surface area contributed by atoms with E-state index >= 15 is 0 Å². The maximum absolute atomic E-state index is 12.8. The van der Waals surface area contributed by atoms with Crippen LogP contribution in [0.5, 0.6) is 11.5 Å². The summed E-state index contributed by atoms with van der Waals surface area (Å²) in [6, 6.07) is 6.32. The molecule has 1 unspecified atom stereocenters. The van der Waals surface area contributed by atoms with E-state index in [0.29, 0.717) is 36.3 Å². The van der Waals surface area contributed by atoms with Gasteiger partial charge in [0, 0.05) is 23.7 Å². The van der Waals surface area contributed by atoms with Crippen LogP contribution in [0.2, 0.25) is 5.02 Å². The minimum absolute atomic E-state index is 0.0257. The predicted octanol–water partition coefficient (Wildman–Crippen LogP) is 5.54. The van der Waals surface area contributed by atoms with E-state index in [0.717, 1.165) is 11.6 Å². The fraction of sp³-hybridized carbons (Fsp3) is 0.300. The van der Waals surface area contributed by atoms with Crippen molar-refractivity contribution in [3.63, 3.8) is 0 Å². The van der Waals surface area contributed by atoms with E-state index in [9.17, 15) is 18.4 Å². The van der Waals surface area contributed by atoms with Crippen LogP contribution in [0, 0.1) is 11.3 Å². The number of aromatic nitrogens is 1. The molecular weight excluding hydrogens is 393 g/mol. The molecule has 8 heteroatoms. The quantitative estimate of drug-likeness (QED) is 0.623. The van der Waals surface area contributed by atoms with Crippen molar-refractivity contribution in [1.82, 2.24) is 4.98 Å². The van der Waals surface area contributed by atoms with Crippen LogP contribution in [0.15, 0.2) is 24.4 Å². The maximum Gasteiger partial charge on any atom is 0.417 e. The number of rotatable bonds is 4. The van der Waals surface area contributed by atoms with Crippen LogP contribution in [0.25, 0.3) is 11.6 Å². The number of fused-ring (bicyclic) bond motifs is 1. The molecule has 0 aliphatic carbocycles. The van der Waals surface area contributed by atoms with Crippen LogP contribution < -0.4 is 9.47 Å². The molecule has 1 aromatic carbocycles. The summed E-state index contributed by atoms with van der Waals surface area (Å²) in [6.45, 7) is 4.25. The van der Waals surface area contributed by atoms with Gasteiger partial charge >= 0.3 is 6.18 Å². The molecule has 146 valence electrons. The molecule has 1 atom stereocenters. The van der Waals surface area contributed by atoms with Crippen LogP contribution in [0.3, 0.4) is 0 Å². The number of pyridine rings is 1. The van der Waals surface area contributed by atoms with Gasteiger partial charge in [-0.1, -0.05) is 11.6 Å². The van der Waals surface area contributed by atoms with E-state index in [1.54, 1.807) is 6.07 Å². The molecule has 2 aromatic rings.